The van der Waals surface area contributed by atoms with Gasteiger partial charge < -0.3 is 11.1 Å². The fourth-order valence-electron chi connectivity index (χ4n) is 5.76. The van der Waals surface area contributed by atoms with E-state index in [4.69, 9.17) is 10.8 Å². The van der Waals surface area contributed by atoms with E-state index in [1.54, 1.807) is 0 Å². The van der Waals surface area contributed by atoms with Crippen molar-refractivity contribution in [2.75, 3.05) is 0 Å². The second-order valence-electron chi connectivity index (χ2n) is 8.89. The summed E-state index contributed by atoms with van der Waals surface area (Å²) in [5.74, 6) is 1.39. The number of benzene rings is 1. The van der Waals surface area contributed by atoms with Gasteiger partial charge >= 0.3 is 0 Å². The molecule has 1 amide bonds. The first-order valence-corrected chi connectivity index (χ1v) is 10.9. The number of nitrogens with two attached hydrogens (primary N) is 1. The van der Waals surface area contributed by atoms with Gasteiger partial charge in [0.2, 0.25) is 5.91 Å². The molecule has 28 heavy (non-hydrogen) atoms. The van der Waals surface area contributed by atoms with Crippen molar-refractivity contribution in [2.24, 2.45) is 23.5 Å². The molecule has 3 N–H and O–H groups in total. The van der Waals surface area contributed by atoms with Gasteiger partial charge in [0.1, 0.15) is 0 Å². The monoisotopic (exact) mass is 378 g/mol. The molecule has 3 aliphatic carbocycles. The lowest BCUT2D eigenvalue weighted by Crippen LogP contribution is -2.49. The minimum absolute atomic E-state index is 0.124. The number of hydrogen-bond donors (Lipinski definition) is 2. The molecule has 5 heteroatoms. The third-order valence-corrected chi connectivity index (χ3v) is 7.23. The SMILES string of the molecule is NC1C2CCCC1CC(C(=O)NCc1nn(-c3ccccc3)c3c1CCC3)C2. The van der Waals surface area contributed by atoms with Crippen LogP contribution in [0.1, 0.15) is 55.5 Å². The number of para-hydroxylation sites is 1. The highest BCUT2D eigenvalue weighted by atomic mass is 16.1. The Morgan fingerprint density at radius 2 is 1.86 bits per heavy atom. The molecule has 2 unspecified atom stereocenters. The molecule has 2 saturated carbocycles. The number of nitrogens with zero attached hydrogens (tertiary/aromatic N) is 2. The molecule has 1 aromatic heterocycles. The van der Waals surface area contributed by atoms with Crippen molar-refractivity contribution in [3.63, 3.8) is 0 Å². The van der Waals surface area contributed by atoms with Gasteiger partial charge in [-0.05, 0) is 74.5 Å². The van der Waals surface area contributed by atoms with E-state index in [0.717, 1.165) is 37.1 Å². The van der Waals surface area contributed by atoms with Crippen LogP contribution >= 0.6 is 0 Å². The molecule has 0 saturated heterocycles. The van der Waals surface area contributed by atoms with E-state index >= 15 is 0 Å². The van der Waals surface area contributed by atoms with Crippen LogP contribution in [0.15, 0.2) is 30.3 Å². The summed E-state index contributed by atoms with van der Waals surface area (Å²) in [7, 11) is 0. The number of fused-ring (bicyclic) bond motifs is 3. The molecule has 1 heterocycles. The molecular formula is C23H30N4O. The maximum absolute atomic E-state index is 12.9. The summed E-state index contributed by atoms with van der Waals surface area (Å²) in [5.41, 5.74) is 11.2. The third kappa shape index (κ3) is 3.16. The molecule has 1 aromatic carbocycles. The van der Waals surface area contributed by atoms with Crippen LogP contribution in [0.5, 0.6) is 0 Å². The summed E-state index contributed by atoms with van der Waals surface area (Å²) in [6.45, 7) is 0.541. The first kappa shape index (κ1) is 17.9. The van der Waals surface area contributed by atoms with E-state index in [0.29, 0.717) is 24.4 Å². The average molecular weight is 379 g/mol. The van der Waals surface area contributed by atoms with Gasteiger partial charge in [-0.15, -0.1) is 0 Å². The average Bonchev–Trinajstić information content (AvgIpc) is 3.30. The van der Waals surface area contributed by atoms with Gasteiger partial charge in [0.15, 0.2) is 0 Å². The van der Waals surface area contributed by atoms with E-state index in [1.165, 1.54) is 36.9 Å². The molecule has 2 atom stereocenters. The highest BCUT2D eigenvalue weighted by Crippen LogP contribution is 2.42. The zero-order chi connectivity index (χ0) is 19.1. The van der Waals surface area contributed by atoms with Crippen LogP contribution in [0, 0.1) is 17.8 Å². The standard InChI is InChI=1S/C23H30N4O/c24-22-15-6-4-7-16(22)13-17(12-15)23(28)25-14-20-19-10-5-11-21(19)27(26-20)18-8-2-1-3-9-18/h1-3,8-9,15-17,22H,4-7,10-14,24H2,(H,25,28). The van der Waals surface area contributed by atoms with Gasteiger partial charge in [0.05, 0.1) is 17.9 Å². The smallest absolute Gasteiger partial charge is 0.223 e. The summed E-state index contributed by atoms with van der Waals surface area (Å²) in [4.78, 5) is 12.9. The zero-order valence-electron chi connectivity index (χ0n) is 16.4. The van der Waals surface area contributed by atoms with Crippen LogP contribution < -0.4 is 11.1 Å². The summed E-state index contributed by atoms with van der Waals surface area (Å²) in [6, 6.07) is 10.6. The Kier molecular flexibility index (Phi) is 4.71. The Morgan fingerprint density at radius 3 is 2.61 bits per heavy atom. The van der Waals surface area contributed by atoms with Crippen LogP contribution in [0.25, 0.3) is 5.69 Å². The van der Waals surface area contributed by atoms with Crippen LogP contribution in [0.4, 0.5) is 0 Å². The van der Waals surface area contributed by atoms with Gasteiger partial charge in [-0.25, -0.2) is 4.68 Å². The number of rotatable bonds is 4. The number of hydrogen-bond acceptors (Lipinski definition) is 3. The number of nitrogens with one attached hydrogen (secondary N) is 1. The molecule has 148 valence electrons. The van der Waals surface area contributed by atoms with Crippen molar-refractivity contribution in [1.29, 1.82) is 0 Å². The van der Waals surface area contributed by atoms with Gasteiger partial charge in [-0.3, -0.25) is 4.79 Å². The van der Waals surface area contributed by atoms with E-state index in [9.17, 15) is 4.79 Å². The second kappa shape index (κ2) is 7.36. The molecule has 0 aliphatic heterocycles. The second-order valence-corrected chi connectivity index (χ2v) is 8.89. The number of aromatic nitrogens is 2. The molecule has 2 aromatic rings. The first-order chi connectivity index (χ1) is 13.7. The lowest BCUT2D eigenvalue weighted by molar-refractivity contribution is -0.128. The van der Waals surface area contributed by atoms with Gasteiger partial charge in [-0.2, -0.15) is 5.10 Å². The highest BCUT2D eigenvalue weighted by Gasteiger charge is 2.40. The van der Waals surface area contributed by atoms with Gasteiger partial charge in [0, 0.05) is 17.7 Å². The summed E-state index contributed by atoms with van der Waals surface area (Å²) in [6.07, 6.45) is 8.88. The first-order valence-electron chi connectivity index (χ1n) is 10.9. The Labute approximate surface area is 166 Å². The predicted molar refractivity (Wildman–Crippen MR) is 109 cm³/mol. The van der Waals surface area contributed by atoms with Crippen LogP contribution in [-0.2, 0) is 24.2 Å². The number of carbonyl (C=O) groups is 1. The van der Waals surface area contributed by atoms with Crippen LogP contribution in [0.2, 0.25) is 0 Å². The quantitative estimate of drug-likeness (QED) is 0.858. The van der Waals surface area contributed by atoms with Crippen molar-refractivity contribution in [1.82, 2.24) is 15.1 Å². The minimum atomic E-state index is 0.124. The van der Waals surface area contributed by atoms with Crippen molar-refractivity contribution in [3.05, 3.63) is 47.3 Å². The normalized spacial score (nSPS) is 28.8. The van der Waals surface area contributed by atoms with Crippen molar-refractivity contribution >= 4 is 5.91 Å². The van der Waals surface area contributed by atoms with Gasteiger partial charge in [0.25, 0.3) is 0 Å². The van der Waals surface area contributed by atoms with E-state index in [2.05, 4.69) is 22.1 Å². The van der Waals surface area contributed by atoms with Crippen LogP contribution in [-0.4, -0.2) is 21.7 Å². The lowest BCUT2D eigenvalue weighted by atomic mass is 9.65. The zero-order valence-corrected chi connectivity index (χ0v) is 16.4. The molecular weight excluding hydrogens is 348 g/mol. The minimum Gasteiger partial charge on any atom is -0.350 e. The van der Waals surface area contributed by atoms with E-state index < -0.39 is 0 Å². The van der Waals surface area contributed by atoms with Gasteiger partial charge in [-0.1, -0.05) is 24.6 Å². The van der Waals surface area contributed by atoms with Crippen molar-refractivity contribution < 1.29 is 4.79 Å². The molecule has 2 bridgehead atoms. The molecule has 0 spiro atoms. The summed E-state index contributed by atoms with van der Waals surface area (Å²) in [5, 5.41) is 8.08. The van der Waals surface area contributed by atoms with E-state index in [1.807, 2.05) is 18.2 Å². The molecule has 2 fully saturated rings. The summed E-state index contributed by atoms with van der Waals surface area (Å²) >= 11 is 0. The third-order valence-electron chi connectivity index (χ3n) is 7.23. The Morgan fingerprint density at radius 1 is 1.11 bits per heavy atom. The number of amides is 1. The Hall–Kier alpha value is -2.14. The Bertz CT molecular complexity index is 845. The van der Waals surface area contributed by atoms with E-state index in [-0.39, 0.29) is 11.8 Å². The Balaban J connectivity index is 1.29. The largest absolute Gasteiger partial charge is 0.350 e. The van der Waals surface area contributed by atoms with Crippen LogP contribution in [0.3, 0.4) is 0 Å². The molecule has 0 radical (unpaired) electrons. The number of carbonyl (C=O) groups excluding carboxylic acids is 1. The van der Waals surface area contributed by atoms with Crippen molar-refractivity contribution in [3.8, 4) is 5.69 Å². The molecule has 3 aliphatic rings. The maximum atomic E-state index is 12.9. The predicted octanol–water partition coefficient (Wildman–Crippen LogP) is 3.13. The fraction of sp³-hybridized carbons (Fsp3) is 0.565. The lowest BCUT2D eigenvalue weighted by Gasteiger charge is -2.43. The summed E-state index contributed by atoms with van der Waals surface area (Å²) < 4.78 is 2.08. The fourth-order valence-corrected chi connectivity index (χ4v) is 5.76. The maximum Gasteiger partial charge on any atom is 0.223 e. The molecule has 5 nitrogen and oxygen atoms in total. The highest BCUT2D eigenvalue weighted by molar-refractivity contribution is 5.78. The molecule has 5 rings (SSSR count). The van der Waals surface area contributed by atoms with Crippen molar-refractivity contribution in [2.45, 2.75) is 64.0 Å². The topological polar surface area (TPSA) is 72.9 Å².